The number of hydrogen-bond acceptors (Lipinski definition) is 3. The van der Waals surface area contributed by atoms with E-state index in [0.29, 0.717) is 11.4 Å². The van der Waals surface area contributed by atoms with Gasteiger partial charge in [-0.2, -0.15) is 4.31 Å². The van der Waals surface area contributed by atoms with E-state index in [4.69, 9.17) is 0 Å². The van der Waals surface area contributed by atoms with Gasteiger partial charge in [-0.25, -0.2) is 8.42 Å². The first-order valence-corrected chi connectivity index (χ1v) is 8.83. The summed E-state index contributed by atoms with van der Waals surface area (Å²) in [5, 5.41) is 3.01. The average molecular weight is 296 g/mol. The second kappa shape index (κ2) is 6.59. The quantitative estimate of drug-likeness (QED) is 0.929. The highest BCUT2D eigenvalue weighted by molar-refractivity contribution is 7.89. The summed E-state index contributed by atoms with van der Waals surface area (Å²) in [7, 11) is -1.54. The molecule has 0 spiro atoms. The highest BCUT2D eigenvalue weighted by Crippen LogP contribution is 2.26. The topological polar surface area (TPSA) is 49.4 Å². The zero-order valence-electron chi connectivity index (χ0n) is 12.3. The van der Waals surface area contributed by atoms with Crippen LogP contribution in [-0.4, -0.2) is 32.4 Å². The third-order valence-corrected chi connectivity index (χ3v) is 6.01. The summed E-state index contributed by atoms with van der Waals surface area (Å²) in [6, 6.07) is 7.15. The minimum atomic E-state index is -3.37. The lowest BCUT2D eigenvalue weighted by Crippen LogP contribution is -2.39. The van der Waals surface area contributed by atoms with Crippen LogP contribution in [0.15, 0.2) is 29.2 Å². The molecule has 0 aromatic heterocycles. The van der Waals surface area contributed by atoms with Gasteiger partial charge in [0, 0.05) is 25.3 Å². The van der Waals surface area contributed by atoms with Crippen molar-refractivity contribution in [1.82, 2.24) is 4.31 Å². The molecule has 112 valence electrons. The molecule has 0 amide bonds. The van der Waals surface area contributed by atoms with Gasteiger partial charge in [-0.15, -0.1) is 0 Å². The van der Waals surface area contributed by atoms with Crippen molar-refractivity contribution in [3.8, 4) is 0 Å². The largest absolute Gasteiger partial charge is 0.388 e. The zero-order chi connectivity index (χ0) is 14.6. The Hall–Kier alpha value is -1.07. The summed E-state index contributed by atoms with van der Waals surface area (Å²) in [6.45, 7) is 2.72. The van der Waals surface area contributed by atoms with E-state index in [1.807, 2.05) is 19.2 Å². The Labute approximate surface area is 122 Å². The van der Waals surface area contributed by atoms with Crippen LogP contribution in [0.3, 0.4) is 0 Å². The molecule has 0 bridgehead atoms. The number of anilines is 1. The first-order chi connectivity index (χ1) is 9.59. The van der Waals surface area contributed by atoms with Gasteiger partial charge < -0.3 is 5.32 Å². The van der Waals surface area contributed by atoms with Gasteiger partial charge in [0.2, 0.25) is 10.0 Å². The molecule has 2 rings (SSSR count). The van der Waals surface area contributed by atoms with Crippen molar-refractivity contribution in [3.05, 3.63) is 24.3 Å². The van der Waals surface area contributed by atoms with Gasteiger partial charge in [0.15, 0.2) is 0 Å². The molecule has 5 heteroatoms. The van der Waals surface area contributed by atoms with Crippen molar-refractivity contribution < 1.29 is 8.42 Å². The number of nitrogens with zero attached hydrogens (tertiary/aromatic N) is 1. The molecule has 1 aliphatic rings. The molecular formula is C15H24N2O2S. The van der Waals surface area contributed by atoms with Crippen molar-refractivity contribution in [1.29, 1.82) is 0 Å². The number of rotatable bonds is 4. The maximum Gasteiger partial charge on any atom is 0.243 e. The van der Waals surface area contributed by atoms with E-state index in [0.717, 1.165) is 37.8 Å². The fourth-order valence-electron chi connectivity index (χ4n) is 2.80. The Kier molecular flexibility index (Phi) is 5.05. The number of sulfonamides is 1. The van der Waals surface area contributed by atoms with E-state index in [9.17, 15) is 8.42 Å². The van der Waals surface area contributed by atoms with Crippen LogP contribution < -0.4 is 5.32 Å². The van der Waals surface area contributed by atoms with E-state index >= 15 is 0 Å². The van der Waals surface area contributed by atoms with Crippen LogP contribution in [0.2, 0.25) is 0 Å². The van der Waals surface area contributed by atoms with Gasteiger partial charge in [-0.3, -0.25) is 0 Å². The SMILES string of the molecule is CCC1CCCCCN1S(=O)(=O)c1ccc(NC)cc1. The molecule has 20 heavy (non-hydrogen) atoms. The Balaban J connectivity index is 2.30. The molecule has 4 nitrogen and oxygen atoms in total. The maximum atomic E-state index is 12.8. The lowest BCUT2D eigenvalue weighted by molar-refractivity contribution is 0.315. The lowest BCUT2D eigenvalue weighted by atomic mass is 10.1. The van der Waals surface area contributed by atoms with Crippen LogP contribution in [0.5, 0.6) is 0 Å². The first kappa shape index (κ1) is 15.3. The van der Waals surface area contributed by atoms with Gasteiger partial charge >= 0.3 is 0 Å². The van der Waals surface area contributed by atoms with Gasteiger partial charge in [0.05, 0.1) is 4.90 Å². The van der Waals surface area contributed by atoms with E-state index in [-0.39, 0.29) is 6.04 Å². The standard InChI is InChI=1S/C15H24N2O2S/c1-3-14-7-5-4-6-12-17(14)20(18,19)15-10-8-13(16-2)9-11-15/h8-11,14,16H,3-7,12H2,1-2H3. The second-order valence-corrected chi connectivity index (χ2v) is 7.19. The summed E-state index contributed by atoms with van der Waals surface area (Å²) in [6.07, 6.45) is 5.08. The van der Waals surface area contributed by atoms with E-state index < -0.39 is 10.0 Å². The minimum absolute atomic E-state index is 0.145. The molecule has 1 aliphatic heterocycles. The molecule has 0 radical (unpaired) electrons. The molecular weight excluding hydrogens is 272 g/mol. The fourth-order valence-corrected chi connectivity index (χ4v) is 4.57. The Morgan fingerprint density at radius 1 is 1.20 bits per heavy atom. The molecule has 1 heterocycles. The fraction of sp³-hybridized carbons (Fsp3) is 0.600. The molecule has 1 aromatic carbocycles. The van der Waals surface area contributed by atoms with Crippen LogP contribution in [-0.2, 0) is 10.0 Å². The summed E-state index contributed by atoms with van der Waals surface area (Å²) in [5.74, 6) is 0. The molecule has 1 fully saturated rings. The van der Waals surface area contributed by atoms with Crippen molar-refractivity contribution in [3.63, 3.8) is 0 Å². The Morgan fingerprint density at radius 2 is 1.90 bits per heavy atom. The normalized spacial score (nSPS) is 21.4. The van der Waals surface area contributed by atoms with Gasteiger partial charge in [0.25, 0.3) is 0 Å². The number of hydrogen-bond donors (Lipinski definition) is 1. The van der Waals surface area contributed by atoms with Crippen molar-refractivity contribution in [2.24, 2.45) is 0 Å². The molecule has 1 atom stereocenters. The molecule has 0 saturated carbocycles. The zero-order valence-corrected chi connectivity index (χ0v) is 13.1. The van der Waals surface area contributed by atoms with Gasteiger partial charge in [-0.1, -0.05) is 19.8 Å². The predicted octanol–water partition coefficient (Wildman–Crippen LogP) is 3.07. The predicted molar refractivity (Wildman–Crippen MR) is 82.4 cm³/mol. The molecule has 1 N–H and O–H groups in total. The smallest absolute Gasteiger partial charge is 0.243 e. The second-order valence-electron chi connectivity index (χ2n) is 5.30. The first-order valence-electron chi connectivity index (χ1n) is 7.39. The summed E-state index contributed by atoms with van der Waals surface area (Å²) < 4.78 is 27.3. The summed E-state index contributed by atoms with van der Waals surface area (Å²) >= 11 is 0. The van der Waals surface area contributed by atoms with E-state index in [1.165, 1.54) is 0 Å². The van der Waals surface area contributed by atoms with Crippen molar-refractivity contribution in [2.75, 3.05) is 18.9 Å². The highest BCUT2D eigenvalue weighted by atomic mass is 32.2. The Bertz CT molecular complexity index is 525. The van der Waals surface area contributed by atoms with Crippen LogP contribution in [0, 0.1) is 0 Å². The van der Waals surface area contributed by atoms with Gasteiger partial charge in [-0.05, 0) is 43.5 Å². The van der Waals surface area contributed by atoms with E-state index in [2.05, 4.69) is 12.2 Å². The summed E-state index contributed by atoms with van der Waals surface area (Å²) in [5.41, 5.74) is 0.923. The van der Waals surface area contributed by atoms with Crippen molar-refractivity contribution >= 4 is 15.7 Å². The monoisotopic (exact) mass is 296 g/mol. The Morgan fingerprint density at radius 3 is 2.50 bits per heavy atom. The minimum Gasteiger partial charge on any atom is -0.388 e. The van der Waals surface area contributed by atoms with Crippen LogP contribution in [0.1, 0.15) is 39.0 Å². The molecule has 0 aliphatic carbocycles. The van der Waals surface area contributed by atoms with Gasteiger partial charge in [0.1, 0.15) is 0 Å². The number of nitrogens with one attached hydrogen (secondary N) is 1. The third-order valence-electron chi connectivity index (χ3n) is 4.04. The van der Waals surface area contributed by atoms with Crippen LogP contribution in [0.4, 0.5) is 5.69 Å². The molecule has 1 unspecified atom stereocenters. The van der Waals surface area contributed by atoms with Crippen molar-refractivity contribution in [2.45, 2.75) is 50.0 Å². The molecule has 1 aromatic rings. The lowest BCUT2D eigenvalue weighted by Gasteiger charge is -2.28. The summed E-state index contributed by atoms with van der Waals surface area (Å²) in [4.78, 5) is 0.400. The molecule has 1 saturated heterocycles. The maximum absolute atomic E-state index is 12.8. The number of benzene rings is 1. The van der Waals surface area contributed by atoms with Crippen LogP contribution in [0.25, 0.3) is 0 Å². The third kappa shape index (κ3) is 3.15. The van der Waals surface area contributed by atoms with Crippen LogP contribution >= 0.6 is 0 Å². The average Bonchev–Trinajstić information content (AvgIpc) is 2.73. The van der Waals surface area contributed by atoms with E-state index in [1.54, 1.807) is 16.4 Å². The highest BCUT2D eigenvalue weighted by Gasteiger charge is 2.31.